The van der Waals surface area contributed by atoms with Crippen LogP contribution in [0.2, 0.25) is 0 Å². The van der Waals surface area contributed by atoms with E-state index in [-0.39, 0.29) is 38.6 Å². The molecule has 1 aliphatic rings. The number of nitrogens with one attached hydrogen (secondary N) is 2. The molecule has 0 bridgehead atoms. The van der Waals surface area contributed by atoms with Crippen molar-refractivity contribution in [2.75, 3.05) is 39.6 Å². The molecule has 1 saturated heterocycles. The van der Waals surface area contributed by atoms with Gasteiger partial charge in [-0.15, -0.1) is 11.3 Å². The fourth-order valence-corrected chi connectivity index (χ4v) is 10.4. The first-order valence-corrected chi connectivity index (χ1v) is 25.3. The number of aromatic nitrogens is 2. The van der Waals surface area contributed by atoms with E-state index in [1.54, 1.807) is 11.3 Å². The minimum atomic E-state index is -0.962. The first-order valence-electron chi connectivity index (χ1n) is 24.4. The Hall–Kier alpha value is -6.85. The molecule has 0 saturated carbocycles. The summed E-state index contributed by atoms with van der Waals surface area (Å²) in [7, 11) is 0. The van der Waals surface area contributed by atoms with E-state index in [0.717, 1.165) is 55.3 Å². The molecule has 1 fully saturated rings. The van der Waals surface area contributed by atoms with Gasteiger partial charge in [0.1, 0.15) is 30.2 Å². The number of aliphatic hydroxyl groups is 1. The Bertz CT molecular complexity index is 3030. The van der Waals surface area contributed by atoms with E-state index in [0.29, 0.717) is 56.3 Å². The Balaban J connectivity index is 0.789. The number of hydrogen-bond donors (Lipinski definition) is 4. The Morgan fingerprint density at radius 2 is 1.61 bits per heavy atom. The van der Waals surface area contributed by atoms with Gasteiger partial charge in [0.15, 0.2) is 0 Å². The Morgan fingerprint density at radius 3 is 2.29 bits per heavy atom. The highest BCUT2D eigenvalue weighted by Crippen LogP contribution is 2.39. The van der Waals surface area contributed by atoms with Crippen LogP contribution in [-0.2, 0) is 36.9 Å². The molecule has 0 unspecified atom stereocenters. The minimum absolute atomic E-state index is 0.0133. The molecular formula is C56H64N6O9S. The molecule has 7 aromatic rings. The molecule has 16 heteroatoms. The third-order valence-electron chi connectivity index (χ3n) is 13.0. The quantitative estimate of drug-likeness (QED) is 0.0508. The topological polar surface area (TPSA) is 200 Å². The maximum Gasteiger partial charge on any atom is 0.249 e. The zero-order valence-electron chi connectivity index (χ0n) is 41.8. The zero-order valence-corrected chi connectivity index (χ0v) is 42.6. The van der Waals surface area contributed by atoms with Crippen molar-refractivity contribution in [3.8, 4) is 27.3 Å². The number of likely N-dealkylation sites (tertiary alicyclic amines) is 1. The van der Waals surface area contributed by atoms with Crippen LogP contribution in [0.1, 0.15) is 78.5 Å². The second-order valence-electron chi connectivity index (χ2n) is 19.6. The SMILES string of the molecule is Cc1ccsc1-c1ccc(CNC(=O)[C@@H]2C[C@@H](O)CN2C(=O)[C@@H](NC(=O)COCCCOCCCOc2ccc3c(c2)c2c(C(N)=O)cc(-c4c(C)noc4C)cc2n3Cc2ccccc2)C(C)(C)C)cc1. The predicted molar refractivity (Wildman–Crippen MR) is 279 cm³/mol. The highest BCUT2D eigenvalue weighted by molar-refractivity contribution is 7.13. The summed E-state index contributed by atoms with van der Waals surface area (Å²) in [6.45, 7) is 13.4. The molecule has 0 spiro atoms. The molecular weight excluding hydrogens is 933 g/mol. The molecule has 378 valence electrons. The number of aryl methyl sites for hydroxylation is 3. The van der Waals surface area contributed by atoms with Crippen molar-refractivity contribution >= 4 is 56.8 Å². The van der Waals surface area contributed by atoms with Gasteiger partial charge in [0.25, 0.3) is 0 Å². The standard InChI is InChI=1S/C56H64N6O9S/c1-34-20-25-72-51(34)39-16-14-37(15-17-39)30-58-54(66)47-28-41(63)32-62(47)55(67)52(56(4,5)6)59-48(64)33-69-23-10-21-68-22-11-24-70-42-18-19-45-43(29-42)50-44(53(57)65)26-40(49-35(2)60-71-36(49)3)27-46(50)61(45)31-38-12-8-7-9-13-38/h7-9,12-20,25-27,29,41,47,52,63H,10-11,21-24,28,30-33H2,1-6H3,(H2,57,65)(H,58,66)(H,59,64)/t41-,47+,52-/m1/s1. The normalized spacial score (nSPS) is 15.3. The molecule has 4 amide bonds. The van der Waals surface area contributed by atoms with Gasteiger partial charge in [0.05, 0.1) is 23.9 Å². The average Bonchev–Trinajstić information content (AvgIpc) is 4.14. The molecule has 3 atom stereocenters. The summed E-state index contributed by atoms with van der Waals surface area (Å²) in [4.78, 5) is 56.3. The van der Waals surface area contributed by atoms with Gasteiger partial charge < -0.3 is 49.7 Å². The van der Waals surface area contributed by atoms with Crippen molar-refractivity contribution in [2.24, 2.45) is 11.1 Å². The third kappa shape index (κ3) is 11.9. The number of aliphatic hydroxyl groups excluding tert-OH is 1. The second-order valence-corrected chi connectivity index (χ2v) is 20.5. The maximum absolute atomic E-state index is 14.0. The minimum Gasteiger partial charge on any atom is -0.493 e. The highest BCUT2D eigenvalue weighted by atomic mass is 32.1. The second kappa shape index (κ2) is 22.7. The fourth-order valence-electron chi connectivity index (χ4n) is 9.42. The smallest absolute Gasteiger partial charge is 0.249 e. The van der Waals surface area contributed by atoms with Gasteiger partial charge in [-0.1, -0.05) is 80.5 Å². The number of β-amino-alcohol motifs (C(OH)–C–C–N with tert-alkyl or cyclic N) is 1. The monoisotopic (exact) mass is 996 g/mol. The summed E-state index contributed by atoms with van der Waals surface area (Å²) in [5, 5.41) is 24.2. The predicted octanol–water partition coefficient (Wildman–Crippen LogP) is 8.25. The summed E-state index contributed by atoms with van der Waals surface area (Å²) in [5.74, 6) is -0.502. The maximum atomic E-state index is 14.0. The van der Waals surface area contributed by atoms with Crippen LogP contribution in [0, 0.1) is 26.2 Å². The van der Waals surface area contributed by atoms with E-state index in [2.05, 4.69) is 56.9 Å². The number of ether oxygens (including phenoxy) is 3. The molecule has 4 aromatic carbocycles. The molecule has 4 heterocycles. The zero-order chi connectivity index (χ0) is 51.1. The van der Waals surface area contributed by atoms with Crippen molar-refractivity contribution in [1.82, 2.24) is 25.3 Å². The summed E-state index contributed by atoms with van der Waals surface area (Å²) in [6, 6.07) is 28.2. The van der Waals surface area contributed by atoms with Crippen LogP contribution in [-0.4, -0.2) is 101 Å². The molecule has 0 radical (unpaired) electrons. The number of primary amides is 1. The number of nitrogens with two attached hydrogens (primary N) is 1. The van der Waals surface area contributed by atoms with Crippen molar-refractivity contribution in [3.63, 3.8) is 0 Å². The van der Waals surface area contributed by atoms with E-state index in [9.17, 15) is 24.3 Å². The molecule has 5 N–H and O–H groups in total. The van der Waals surface area contributed by atoms with Crippen molar-refractivity contribution in [3.05, 3.63) is 130 Å². The number of carbonyl (C=O) groups excluding carboxylic acids is 4. The lowest BCUT2D eigenvalue weighted by atomic mass is 9.85. The Labute approximate surface area is 423 Å². The van der Waals surface area contributed by atoms with E-state index >= 15 is 0 Å². The molecule has 8 rings (SSSR count). The van der Waals surface area contributed by atoms with Gasteiger partial charge >= 0.3 is 0 Å². The average molecular weight is 997 g/mol. The van der Waals surface area contributed by atoms with Gasteiger partial charge in [-0.05, 0) is 102 Å². The summed E-state index contributed by atoms with van der Waals surface area (Å²) < 4.78 is 25.4. The largest absolute Gasteiger partial charge is 0.493 e. The fraction of sp³-hybridized carbons (Fsp3) is 0.375. The lowest BCUT2D eigenvalue weighted by molar-refractivity contribution is -0.144. The number of rotatable bonds is 21. The van der Waals surface area contributed by atoms with E-state index in [4.69, 9.17) is 24.5 Å². The lowest BCUT2D eigenvalue weighted by Gasteiger charge is -2.35. The molecule has 72 heavy (non-hydrogen) atoms. The first-order chi connectivity index (χ1) is 34.6. The first kappa shape index (κ1) is 51.5. The Kier molecular flexibility index (Phi) is 16.2. The van der Waals surface area contributed by atoms with Crippen LogP contribution in [0.3, 0.4) is 0 Å². The Morgan fingerprint density at radius 1 is 0.875 bits per heavy atom. The number of benzene rings is 4. The summed E-state index contributed by atoms with van der Waals surface area (Å²) in [6.07, 6.45) is 0.390. The molecule has 1 aliphatic heterocycles. The number of thiophene rings is 1. The lowest BCUT2D eigenvalue weighted by Crippen LogP contribution is -2.58. The van der Waals surface area contributed by atoms with Crippen molar-refractivity contribution in [1.29, 1.82) is 0 Å². The van der Waals surface area contributed by atoms with Crippen LogP contribution < -0.4 is 21.1 Å². The number of hydrogen-bond acceptors (Lipinski definition) is 11. The van der Waals surface area contributed by atoms with Crippen LogP contribution in [0.25, 0.3) is 43.4 Å². The van der Waals surface area contributed by atoms with Crippen LogP contribution in [0.15, 0.2) is 101 Å². The third-order valence-corrected chi connectivity index (χ3v) is 14.1. The van der Waals surface area contributed by atoms with E-state index in [1.165, 1.54) is 15.3 Å². The molecule has 0 aliphatic carbocycles. The number of carbonyl (C=O) groups is 4. The van der Waals surface area contributed by atoms with Crippen LogP contribution >= 0.6 is 11.3 Å². The van der Waals surface area contributed by atoms with Crippen molar-refractivity contribution < 1.29 is 43.0 Å². The van der Waals surface area contributed by atoms with Gasteiger partial charge in [0.2, 0.25) is 23.6 Å². The van der Waals surface area contributed by atoms with Crippen LogP contribution in [0.4, 0.5) is 0 Å². The summed E-state index contributed by atoms with van der Waals surface area (Å²) >= 11 is 1.68. The summed E-state index contributed by atoms with van der Waals surface area (Å²) in [5.41, 5.74) is 14.2. The number of fused-ring (bicyclic) bond motifs is 3. The van der Waals surface area contributed by atoms with Gasteiger partial charge in [-0.25, -0.2) is 0 Å². The highest BCUT2D eigenvalue weighted by Gasteiger charge is 2.44. The molecule has 15 nitrogen and oxygen atoms in total. The van der Waals surface area contributed by atoms with Crippen molar-refractivity contribution in [2.45, 2.75) is 92.1 Å². The van der Waals surface area contributed by atoms with E-state index in [1.807, 2.05) is 101 Å². The van der Waals surface area contributed by atoms with Gasteiger partial charge in [0, 0.05) is 84.6 Å². The van der Waals surface area contributed by atoms with Gasteiger partial charge in [-0.2, -0.15) is 0 Å². The van der Waals surface area contributed by atoms with E-state index < -0.39 is 41.3 Å². The van der Waals surface area contributed by atoms with Gasteiger partial charge in [-0.3, -0.25) is 19.2 Å². The number of nitrogens with zero attached hydrogens (tertiary/aromatic N) is 3. The number of amides is 4. The van der Waals surface area contributed by atoms with Crippen LogP contribution in [0.5, 0.6) is 5.75 Å². The molecule has 3 aromatic heterocycles.